The van der Waals surface area contributed by atoms with Gasteiger partial charge in [-0.3, -0.25) is 9.55 Å². The van der Waals surface area contributed by atoms with Crippen LogP contribution in [0.4, 0.5) is 0 Å². The molecule has 0 aliphatic carbocycles. The van der Waals surface area contributed by atoms with Gasteiger partial charge in [0.25, 0.3) is 0 Å². The van der Waals surface area contributed by atoms with Crippen molar-refractivity contribution in [3.63, 3.8) is 0 Å². The van der Waals surface area contributed by atoms with Crippen LogP contribution in [0.15, 0.2) is 91.6 Å². The van der Waals surface area contributed by atoms with Gasteiger partial charge >= 0.3 is 0 Å². The Balaban J connectivity index is 1.71. The molecule has 32 heavy (non-hydrogen) atoms. The molecule has 7 rings (SSSR count). The van der Waals surface area contributed by atoms with Crippen molar-refractivity contribution in [2.45, 2.75) is 0 Å². The monoisotopic (exact) mass is 413 g/mol. The summed E-state index contributed by atoms with van der Waals surface area (Å²) in [7, 11) is 0. The Bertz CT molecular complexity index is 1640. The summed E-state index contributed by atoms with van der Waals surface area (Å²) in [5.41, 5.74) is 7.64. The summed E-state index contributed by atoms with van der Waals surface area (Å²) >= 11 is 0. The first kappa shape index (κ1) is 17.1. The van der Waals surface area contributed by atoms with Crippen LogP contribution in [-0.2, 0) is 0 Å². The number of para-hydroxylation sites is 2. The lowest BCUT2D eigenvalue weighted by molar-refractivity contribution is 0.939. The van der Waals surface area contributed by atoms with E-state index >= 15 is 0 Å². The van der Waals surface area contributed by atoms with Gasteiger partial charge in [-0.2, -0.15) is 0 Å². The maximum absolute atomic E-state index is 5.15. The van der Waals surface area contributed by atoms with E-state index < -0.39 is 0 Å². The molecule has 0 radical (unpaired) electrons. The molecule has 5 heterocycles. The summed E-state index contributed by atoms with van der Waals surface area (Å²) in [5.74, 6) is 0.563. The number of benzene rings is 2. The summed E-state index contributed by atoms with van der Waals surface area (Å²) in [6.45, 7) is 0. The molecule has 2 aromatic carbocycles. The lowest BCUT2D eigenvalue weighted by Gasteiger charge is -2.08. The molecule has 0 fully saturated rings. The molecular weight excluding hydrogens is 398 g/mol. The summed E-state index contributed by atoms with van der Waals surface area (Å²) in [6.07, 6.45) is 4.84. The predicted octanol–water partition coefficient (Wildman–Crippen LogP) is 4.86. The standard InChI is InChI=1S/C25H15N7/c1-2-7-16(8-3-1)31-19-11-6-12-27-23(19)24-21(31)13-20-22(30-24)17-9-4-5-10-18(17)32(20)25-28-14-26-15-29-25/h1-15H. The van der Waals surface area contributed by atoms with E-state index in [1.54, 1.807) is 0 Å². The van der Waals surface area contributed by atoms with Crippen LogP contribution in [0.2, 0.25) is 0 Å². The van der Waals surface area contributed by atoms with Gasteiger partial charge < -0.3 is 4.57 Å². The van der Waals surface area contributed by atoms with E-state index in [1.165, 1.54) is 12.7 Å². The minimum atomic E-state index is 0.563. The largest absolute Gasteiger partial charge is 0.306 e. The Morgan fingerprint density at radius 2 is 1.31 bits per heavy atom. The van der Waals surface area contributed by atoms with Gasteiger partial charge in [0.15, 0.2) is 0 Å². The fourth-order valence-electron chi connectivity index (χ4n) is 4.51. The molecule has 7 nitrogen and oxygen atoms in total. The lowest BCUT2D eigenvalue weighted by Crippen LogP contribution is -2.01. The molecule has 7 heteroatoms. The van der Waals surface area contributed by atoms with Crippen molar-refractivity contribution < 1.29 is 0 Å². The maximum atomic E-state index is 5.15. The van der Waals surface area contributed by atoms with Crippen molar-refractivity contribution >= 4 is 44.0 Å². The number of hydrogen-bond donors (Lipinski definition) is 0. The second-order valence-electron chi connectivity index (χ2n) is 7.56. The van der Waals surface area contributed by atoms with Gasteiger partial charge in [-0.1, -0.05) is 36.4 Å². The topological polar surface area (TPSA) is 74.3 Å². The van der Waals surface area contributed by atoms with Gasteiger partial charge in [0.05, 0.1) is 27.6 Å². The number of hydrogen-bond acceptors (Lipinski definition) is 5. The minimum Gasteiger partial charge on any atom is -0.306 e. The van der Waals surface area contributed by atoms with Crippen LogP contribution in [-0.4, -0.2) is 34.1 Å². The zero-order valence-electron chi connectivity index (χ0n) is 16.8. The quantitative estimate of drug-likeness (QED) is 0.405. The third kappa shape index (κ3) is 2.27. The van der Waals surface area contributed by atoms with E-state index in [0.717, 1.165) is 49.7 Å². The molecule has 0 spiro atoms. The molecule has 0 unspecified atom stereocenters. The maximum Gasteiger partial charge on any atom is 0.237 e. The third-order valence-corrected chi connectivity index (χ3v) is 5.81. The predicted molar refractivity (Wildman–Crippen MR) is 124 cm³/mol. The normalized spacial score (nSPS) is 11.8. The second-order valence-corrected chi connectivity index (χ2v) is 7.56. The van der Waals surface area contributed by atoms with Crippen LogP contribution in [0.5, 0.6) is 0 Å². The van der Waals surface area contributed by atoms with E-state index in [-0.39, 0.29) is 0 Å². The van der Waals surface area contributed by atoms with E-state index in [4.69, 9.17) is 4.98 Å². The van der Waals surface area contributed by atoms with E-state index in [0.29, 0.717) is 5.95 Å². The van der Waals surface area contributed by atoms with Crippen molar-refractivity contribution in [3.05, 3.63) is 91.6 Å². The molecule has 0 bridgehead atoms. The highest BCUT2D eigenvalue weighted by Crippen LogP contribution is 2.36. The van der Waals surface area contributed by atoms with Crippen molar-refractivity contribution in [1.29, 1.82) is 0 Å². The van der Waals surface area contributed by atoms with Crippen molar-refractivity contribution in [2.75, 3.05) is 0 Å². The molecule has 7 aromatic rings. The van der Waals surface area contributed by atoms with Crippen molar-refractivity contribution in [3.8, 4) is 11.6 Å². The first-order valence-electron chi connectivity index (χ1n) is 10.3. The van der Waals surface area contributed by atoms with Gasteiger partial charge in [-0.05, 0) is 36.4 Å². The molecule has 150 valence electrons. The van der Waals surface area contributed by atoms with Gasteiger partial charge in [0, 0.05) is 17.3 Å². The van der Waals surface area contributed by atoms with Crippen LogP contribution in [0, 0.1) is 0 Å². The zero-order valence-corrected chi connectivity index (χ0v) is 16.8. The number of rotatable bonds is 2. The first-order chi connectivity index (χ1) is 15.9. The fourth-order valence-corrected chi connectivity index (χ4v) is 4.51. The van der Waals surface area contributed by atoms with Crippen molar-refractivity contribution in [1.82, 2.24) is 34.1 Å². The highest BCUT2D eigenvalue weighted by molar-refractivity contribution is 6.14. The summed E-state index contributed by atoms with van der Waals surface area (Å²) < 4.78 is 4.25. The summed E-state index contributed by atoms with van der Waals surface area (Å²) in [5, 5.41) is 1.04. The first-order valence-corrected chi connectivity index (χ1v) is 10.3. The average molecular weight is 413 g/mol. The Morgan fingerprint density at radius 1 is 0.562 bits per heavy atom. The molecule has 0 aliphatic heterocycles. The Kier molecular flexibility index (Phi) is 3.43. The van der Waals surface area contributed by atoms with Gasteiger partial charge in [0.2, 0.25) is 5.95 Å². The van der Waals surface area contributed by atoms with Gasteiger partial charge in [-0.25, -0.2) is 19.9 Å². The molecule has 0 amide bonds. The second kappa shape index (κ2) is 6.42. The third-order valence-electron chi connectivity index (χ3n) is 5.81. The Labute approximate surface area is 181 Å². The van der Waals surface area contributed by atoms with Crippen LogP contribution in [0.1, 0.15) is 0 Å². The molecular formula is C25H15N7. The average Bonchev–Trinajstić information content (AvgIpc) is 3.36. The molecule has 0 saturated carbocycles. The van der Waals surface area contributed by atoms with Crippen LogP contribution in [0.3, 0.4) is 0 Å². The number of aromatic nitrogens is 7. The van der Waals surface area contributed by atoms with Crippen LogP contribution >= 0.6 is 0 Å². The SMILES string of the molecule is c1ccc(-n2c3cccnc3c3nc4c5ccccc5n(-c5ncncn5)c4cc32)cc1. The number of nitrogens with zero attached hydrogens (tertiary/aromatic N) is 7. The number of fused-ring (bicyclic) bond motifs is 6. The van der Waals surface area contributed by atoms with Gasteiger partial charge in [0.1, 0.15) is 23.7 Å². The van der Waals surface area contributed by atoms with Crippen molar-refractivity contribution in [2.24, 2.45) is 0 Å². The fraction of sp³-hybridized carbons (Fsp3) is 0. The van der Waals surface area contributed by atoms with E-state index in [2.05, 4.69) is 60.9 Å². The molecule has 0 saturated heterocycles. The minimum absolute atomic E-state index is 0.563. The smallest absolute Gasteiger partial charge is 0.237 e. The highest BCUT2D eigenvalue weighted by Gasteiger charge is 2.20. The summed E-state index contributed by atoms with van der Waals surface area (Å²) in [4.78, 5) is 22.7. The van der Waals surface area contributed by atoms with Crippen LogP contribution < -0.4 is 0 Å². The Hall–Kier alpha value is -4.65. The van der Waals surface area contributed by atoms with E-state index in [1.807, 2.05) is 47.2 Å². The molecule has 0 aliphatic rings. The number of pyridine rings is 2. The van der Waals surface area contributed by atoms with E-state index in [9.17, 15) is 0 Å². The lowest BCUT2D eigenvalue weighted by atomic mass is 10.2. The molecule has 0 atom stereocenters. The molecule has 5 aromatic heterocycles. The highest BCUT2D eigenvalue weighted by atomic mass is 15.2. The van der Waals surface area contributed by atoms with Gasteiger partial charge in [-0.15, -0.1) is 0 Å². The van der Waals surface area contributed by atoms with Crippen LogP contribution in [0.25, 0.3) is 55.6 Å². The molecule has 0 N–H and O–H groups in total. The Morgan fingerprint density at radius 3 is 2.19 bits per heavy atom. The summed E-state index contributed by atoms with van der Waals surface area (Å²) in [6, 6.07) is 24.7. The zero-order chi connectivity index (χ0) is 21.1.